The van der Waals surface area contributed by atoms with E-state index in [1.165, 1.54) is 0 Å². The van der Waals surface area contributed by atoms with E-state index in [0.29, 0.717) is 0 Å². The topological polar surface area (TPSA) is 0 Å². The van der Waals surface area contributed by atoms with Crippen molar-refractivity contribution in [2.45, 2.75) is 5.39 Å². The van der Waals surface area contributed by atoms with Gasteiger partial charge in [-0.15, -0.1) is 0 Å². The van der Waals surface area contributed by atoms with Gasteiger partial charge >= 0.3 is 45.9 Å². The van der Waals surface area contributed by atoms with E-state index in [1.54, 1.807) is 0 Å². The van der Waals surface area contributed by atoms with Crippen LogP contribution >= 0.6 is 0 Å². The number of allylic oxidation sites excluding steroid dienone is 1. The van der Waals surface area contributed by atoms with Gasteiger partial charge in [-0.25, -0.2) is 0 Å². The number of hydrogen-bond acceptors (Lipinski definition) is 0. The van der Waals surface area contributed by atoms with Crippen molar-refractivity contribution in [3.63, 3.8) is 0 Å². The predicted molar refractivity (Wildman–Crippen MR) is 15.2 cm³/mol. The van der Waals surface area contributed by atoms with Gasteiger partial charge in [-0.2, -0.15) is 0 Å². The van der Waals surface area contributed by atoms with Crippen LogP contribution in [-0.4, -0.2) is 0 Å². The number of halogens is 3. The standard InChI is InChI=1S/C3H2F3.Ni/c1-2(4)3(5)6;/h1H2;. The maximum absolute atomic E-state index is 11.3. The minimum absolute atomic E-state index is 0.595. The Balaban J connectivity index is 3.72. The van der Waals surface area contributed by atoms with Gasteiger partial charge < -0.3 is 0 Å². The first-order chi connectivity index (χ1) is 3.18. The second-order valence-corrected chi connectivity index (χ2v) is 1.13. The molecule has 0 aromatic heterocycles. The summed E-state index contributed by atoms with van der Waals surface area (Å²) in [5.74, 6) is -1.49. The molecule has 0 aliphatic carbocycles. The third-order valence-corrected chi connectivity index (χ3v) is 0.610. The fourth-order valence-corrected chi connectivity index (χ4v) is 0.174. The van der Waals surface area contributed by atoms with Crippen molar-refractivity contribution in [3.8, 4) is 0 Å². The molecule has 0 aliphatic rings. The SMILES string of the molecule is FC(F)=C(F)[CH2][Ni]. The Hall–Kier alpha value is 0.0235. The van der Waals surface area contributed by atoms with Gasteiger partial charge in [-0.1, -0.05) is 0 Å². The van der Waals surface area contributed by atoms with Crippen LogP contribution in [0.25, 0.3) is 0 Å². The van der Waals surface area contributed by atoms with Gasteiger partial charge in [0.25, 0.3) is 0 Å². The molecule has 0 unspecified atom stereocenters. The van der Waals surface area contributed by atoms with Gasteiger partial charge in [0.15, 0.2) is 0 Å². The summed E-state index contributed by atoms with van der Waals surface area (Å²) in [7, 11) is 0. The number of rotatable bonds is 1. The van der Waals surface area contributed by atoms with E-state index in [4.69, 9.17) is 0 Å². The molecule has 0 saturated carbocycles. The summed E-state index contributed by atoms with van der Waals surface area (Å²) in [4.78, 5) is 0. The molecular weight excluding hydrogens is 152 g/mol. The quantitative estimate of drug-likeness (QED) is 0.506. The molecule has 0 fully saturated rings. The van der Waals surface area contributed by atoms with Gasteiger partial charge in [0, 0.05) is 0 Å². The van der Waals surface area contributed by atoms with Gasteiger partial charge in [-0.05, 0) is 0 Å². The van der Waals surface area contributed by atoms with Gasteiger partial charge in [-0.3, -0.25) is 0 Å². The third-order valence-electron chi connectivity index (χ3n) is 0.303. The van der Waals surface area contributed by atoms with Crippen LogP contribution in [0.5, 0.6) is 0 Å². The Kier molecular flexibility index (Phi) is 3.09. The first kappa shape index (κ1) is 7.02. The summed E-state index contributed by atoms with van der Waals surface area (Å²) in [6.45, 7) is 0. The van der Waals surface area contributed by atoms with Crippen LogP contribution in [0.2, 0.25) is 5.39 Å². The molecule has 0 bridgehead atoms. The molecular formula is C3H2F3Ni. The van der Waals surface area contributed by atoms with Crippen molar-refractivity contribution < 1.29 is 28.6 Å². The fourth-order valence-electron chi connectivity index (χ4n) is 0.0423. The summed E-state index contributed by atoms with van der Waals surface area (Å²) in [6.07, 6.45) is -2.30. The van der Waals surface area contributed by atoms with Gasteiger partial charge in [0.05, 0.1) is 0 Å². The van der Waals surface area contributed by atoms with Gasteiger partial charge in [0.1, 0.15) is 0 Å². The van der Waals surface area contributed by atoms with E-state index in [9.17, 15) is 13.2 Å². The molecule has 4 heteroatoms. The molecule has 0 radical (unpaired) electrons. The van der Waals surface area contributed by atoms with Crippen molar-refractivity contribution in [3.05, 3.63) is 11.9 Å². The molecule has 0 heterocycles. The summed E-state index contributed by atoms with van der Waals surface area (Å²) >= 11 is 3.68. The molecule has 0 atom stereocenters. The predicted octanol–water partition coefficient (Wildman–Crippen LogP) is 2.03. The third kappa shape index (κ3) is 2.69. The Morgan fingerprint density at radius 2 is 1.71 bits per heavy atom. The normalized spacial score (nSPS) is 8.71. The van der Waals surface area contributed by atoms with Gasteiger partial charge in [0.2, 0.25) is 0 Å². The van der Waals surface area contributed by atoms with Crippen molar-refractivity contribution in [2.75, 3.05) is 0 Å². The van der Waals surface area contributed by atoms with Crippen molar-refractivity contribution >= 4 is 0 Å². The summed E-state index contributed by atoms with van der Waals surface area (Å²) < 4.78 is 33.0. The monoisotopic (exact) mass is 153 g/mol. The molecule has 0 amide bonds. The molecule has 0 saturated heterocycles. The average Bonchev–Trinajstić information content (AvgIpc) is 1.65. The van der Waals surface area contributed by atoms with Crippen LogP contribution in [0.15, 0.2) is 11.9 Å². The second-order valence-electron chi connectivity index (χ2n) is 0.777. The minimum atomic E-state index is -2.30. The van der Waals surface area contributed by atoms with Crippen LogP contribution in [-0.2, 0) is 15.5 Å². The zero-order valence-corrected chi connectivity index (χ0v) is 4.14. The molecule has 0 aliphatic heterocycles. The summed E-state index contributed by atoms with van der Waals surface area (Å²) in [6, 6.07) is 0. The molecule has 0 nitrogen and oxygen atoms in total. The van der Waals surface area contributed by atoms with Crippen LogP contribution < -0.4 is 0 Å². The summed E-state index contributed by atoms with van der Waals surface area (Å²) in [5.41, 5.74) is 0. The van der Waals surface area contributed by atoms with Crippen molar-refractivity contribution in [1.29, 1.82) is 0 Å². The Bertz CT molecular complexity index is 84.2. The van der Waals surface area contributed by atoms with Crippen molar-refractivity contribution in [2.24, 2.45) is 0 Å². The molecule has 0 N–H and O–H groups in total. The van der Waals surface area contributed by atoms with E-state index in [1.807, 2.05) is 0 Å². The first-order valence-electron chi connectivity index (χ1n) is 1.39. The molecule has 0 aromatic rings. The van der Waals surface area contributed by atoms with Crippen molar-refractivity contribution in [1.82, 2.24) is 0 Å². The Morgan fingerprint density at radius 1 is 1.29 bits per heavy atom. The summed E-state index contributed by atoms with van der Waals surface area (Å²) in [5, 5.41) is -0.595. The average molecular weight is 154 g/mol. The van der Waals surface area contributed by atoms with E-state index >= 15 is 0 Å². The zero-order valence-electron chi connectivity index (χ0n) is 3.16. The molecule has 45 valence electrons. The van der Waals surface area contributed by atoms with E-state index < -0.39 is 17.3 Å². The fraction of sp³-hybridized carbons (Fsp3) is 0.333. The molecule has 0 spiro atoms. The zero-order chi connectivity index (χ0) is 5.86. The van der Waals surface area contributed by atoms with Crippen LogP contribution in [0.1, 0.15) is 0 Å². The second kappa shape index (κ2) is 3.08. The van der Waals surface area contributed by atoms with Crippen LogP contribution in [0, 0.1) is 0 Å². The van der Waals surface area contributed by atoms with Crippen LogP contribution in [0.3, 0.4) is 0 Å². The maximum atomic E-state index is 11.3. The molecule has 7 heavy (non-hydrogen) atoms. The van der Waals surface area contributed by atoms with E-state index in [-0.39, 0.29) is 0 Å². The van der Waals surface area contributed by atoms with E-state index in [2.05, 4.69) is 15.5 Å². The number of hydrogen-bond donors (Lipinski definition) is 0. The molecule has 0 rings (SSSR count). The first-order valence-corrected chi connectivity index (χ1v) is 2.09. The Labute approximate surface area is 46.8 Å². The van der Waals surface area contributed by atoms with Crippen LogP contribution in [0.4, 0.5) is 13.2 Å². The van der Waals surface area contributed by atoms with E-state index in [0.717, 1.165) is 0 Å². The molecule has 0 aromatic carbocycles. The Morgan fingerprint density at radius 3 is 1.71 bits per heavy atom.